The Morgan fingerprint density at radius 3 is 2.94 bits per heavy atom. The van der Waals surface area contributed by atoms with Gasteiger partial charge in [-0.25, -0.2) is 4.98 Å². The molecule has 6 heteroatoms. The Balaban J connectivity index is 2.37. The molecule has 0 unspecified atom stereocenters. The van der Waals surface area contributed by atoms with Crippen molar-refractivity contribution in [1.29, 1.82) is 0 Å². The highest BCUT2D eigenvalue weighted by molar-refractivity contribution is 5.83. The molecule has 6 nitrogen and oxygen atoms in total. The zero-order valence-electron chi connectivity index (χ0n) is 9.60. The molecular formula is C11H15N5O. The van der Waals surface area contributed by atoms with Crippen LogP contribution < -0.4 is 16.4 Å². The number of likely N-dealkylation sites (N-methyl/N-ethyl adjacent to an activating group) is 1. The number of fused-ring (bicyclic) bond motifs is 1. The van der Waals surface area contributed by atoms with E-state index in [-0.39, 0.29) is 12.5 Å². The molecule has 1 amide bonds. The van der Waals surface area contributed by atoms with Crippen molar-refractivity contribution in [2.24, 2.45) is 5.73 Å². The number of benzene rings is 1. The number of nitrogens with one attached hydrogen (secondary N) is 1. The second-order valence-electron chi connectivity index (χ2n) is 3.82. The number of hydrogen-bond donors (Lipinski definition) is 3. The number of anilines is 2. The third kappa shape index (κ3) is 2.30. The molecule has 0 bridgehead atoms. The van der Waals surface area contributed by atoms with E-state index in [1.54, 1.807) is 11.0 Å². The van der Waals surface area contributed by atoms with Gasteiger partial charge in [-0.2, -0.15) is 0 Å². The van der Waals surface area contributed by atoms with Crippen molar-refractivity contribution in [3.05, 3.63) is 18.2 Å². The molecule has 1 aromatic carbocycles. The molecule has 5 N–H and O–H groups in total. The summed E-state index contributed by atoms with van der Waals surface area (Å²) in [7, 11) is 0. The van der Waals surface area contributed by atoms with Gasteiger partial charge >= 0.3 is 0 Å². The number of primary amides is 1. The van der Waals surface area contributed by atoms with Crippen molar-refractivity contribution in [3.8, 4) is 0 Å². The fourth-order valence-corrected chi connectivity index (χ4v) is 1.69. The van der Waals surface area contributed by atoms with Crippen molar-refractivity contribution in [1.82, 2.24) is 9.97 Å². The van der Waals surface area contributed by atoms with Crippen LogP contribution in [0.1, 0.15) is 6.92 Å². The van der Waals surface area contributed by atoms with Gasteiger partial charge in [0.25, 0.3) is 0 Å². The van der Waals surface area contributed by atoms with E-state index in [1.165, 1.54) is 0 Å². The molecule has 0 aliphatic carbocycles. The maximum Gasteiger partial charge on any atom is 0.237 e. The van der Waals surface area contributed by atoms with Gasteiger partial charge in [0.15, 0.2) is 0 Å². The first-order valence-electron chi connectivity index (χ1n) is 5.38. The van der Waals surface area contributed by atoms with Crippen LogP contribution in [0, 0.1) is 0 Å². The van der Waals surface area contributed by atoms with Crippen molar-refractivity contribution in [2.75, 3.05) is 23.7 Å². The highest BCUT2D eigenvalue weighted by atomic mass is 16.1. The molecule has 0 fully saturated rings. The van der Waals surface area contributed by atoms with Gasteiger partial charge in [-0.3, -0.25) is 4.79 Å². The van der Waals surface area contributed by atoms with E-state index in [2.05, 4.69) is 9.97 Å². The number of carbonyl (C=O) groups is 1. The Hall–Kier alpha value is -2.24. The van der Waals surface area contributed by atoms with Crippen LogP contribution in [0.25, 0.3) is 11.0 Å². The number of nitrogens with zero attached hydrogens (tertiary/aromatic N) is 2. The second kappa shape index (κ2) is 4.32. The smallest absolute Gasteiger partial charge is 0.237 e. The number of aromatic nitrogens is 2. The van der Waals surface area contributed by atoms with Crippen LogP contribution in [0.3, 0.4) is 0 Å². The van der Waals surface area contributed by atoms with Gasteiger partial charge in [-0.15, -0.1) is 0 Å². The summed E-state index contributed by atoms with van der Waals surface area (Å²) in [5.41, 5.74) is 13.2. The summed E-state index contributed by atoms with van der Waals surface area (Å²) in [5, 5.41) is 0. The highest BCUT2D eigenvalue weighted by Crippen LogP contribution is 2.19. The van der Waals surface area contributed by atoms with E-state index in [9.17, 15) is 4.79 Å². The number of aromatic amines is 1. The van der Waals surface area contributed by atoms with E-state index in [0.717, 1.165) is 11.0 Å². The summed E-state index contributed by atoms with van der Waals surface area (Å²) in [4.78, 5) is 20.2. The average molecular weight is 233 g/mol. The van der Waals surface area contributed by atoms with E-state index in [4.69, 9.17) is 11.5 Å². The molecule has 1 aromatic heterocycles. The first-order valence-corrected chi connectivity index (χ1v) is 5.38. The lowest BCUT2D eigenvalue weighted by molar-refractivity contribution is -0.116. The molecule has 0 radical (unpaired) electrons. The zero-order chi connectivity index (χ0) is 12.4. The lowest BCUT2D eigenvalue weighted by Crippen LogP contribution is -2.34. The monoisotopic (exact) mass is 233 g/mol. The van der Waals surface area contributed by atoms with Crippen LogP contribution in [0.2, 0.25) is 0 Å². The summed E-state index contributed by atoms with van der Waals surface area (Å²) in [6.45, 7) is 2.73. The zero-order valence-corrected chi connectivity index (χ0v) is 9.60. The number of carbonyl (C=O) groups excluding carboxylic acids is 1. The summed E-state index contributed by atoms with van der Waals surface area (Å²) in [6.07, 6.45) is 0. The lowest BCUT2D eigenvalue weighted by Gasteiger charge is -2.17. The number of amides is 1. The Morgan fingerprint density at radius 2 is 2.29 bits per heavy atom. The lowest BCUT2D eigenvalue weighted by atomic mass is 10.3. The molecule has 2 aromatic rings. The number of H-pyrrole nitrogens is 1. The Kier molecular flexibility index (Phi) is 2.86. The van der Waals surface area contributed by atoms with Crippen molar-refractivity contribution < 1.29 is 4.79 Å². The van der Waals surface area contributed by atoms with Crippen molar-refractivity contribution in [3.63, 3.8) is 0 Å². The molecule has 2 rings (SSSR count). The predicted octanol–water partition coefficient (Wildman–Crippen LogP) is 0.457. The fourth-order valence-electron chi connectivity index (χ4n) is 1.69. The summed E-state index contributed by atoms with van der Waals surface area (Å²) >= 11 is 0. The van der Waals surface area contributed by atoms with Gasteiger partial charge in [-0.1, -0.05) is 0 Å². The first-order chi connectivity index (χ1) is 8.10. The third-order valence-electron chi connectivity index (χ3n) is 2.52. The van der Waals surface area contributed by atoms with Crippen molar-refractivity contribution >= 4 is 28.6 Å². The van der Waals surface area contributed by atoms with Gasteiger partial charge < -0.3 is 21.4 Å². The van der Waals surface area contributed by atoms with E-state index < -0.39 is 0 Å². The van der Waals surface area contributed by atoms with Gasteiger partial charge in [0.2, 0.25) is 11.9 Å². The summed E-state index contributed by atoms with van der Waals surface area (Å²) in [5.74, 6) is 0.249. The third-order valence-corrected chi connectivity index (χ3v) is 2.52. The number of nitrogen functional groups attached to an aromatic ring is 1. The van der Waals surface area contributed by atoms with Gasteiger partial charge in [-0.05, 0) is 25.1 Å². The predicted molar refractivity (Wildman–Crippen MR) is 67.6 cm³/mol. The Labute approximate surface area is 98.6 Å². The quantitative estimate of drug-likeness (QED) is 0.667. The van der Waals surface area contributed by atoms with Crippen molar-refractivity contribution in [2.45, 2.75) is 6.92 Å². The first kappa shape index (κ1) is 11.3. The van der Waals surface area contributed by atoms with E-state index in [1.807, 2.05) is 19.1 Å². The van der Waals surface area contributed by atoms with Crippen LogP contribution in [0.15, 0.2) is 18.2 Å². The SMILES string of the molecule is CCN(CC(N)=O)c1nc2ccc(N)cc2[nH]1. The molecule has 1 heterocycles. The Bertz CT molecular complexity index is 548. The molecule has 90 valence electrons. The van der Waals surface area contributed by atoms with Gasteiger partial charge in [0.1, 0.15) is 0 Å². The number of rotatable bonds is 4. The fraction of sp³-hybridized carbons (Fsp3) is 0.273. The van der Waals surface area contributed by atoms with Gasteiger partial charge in [0, 0.05) is 12.2 Å². The number of hydrogen-bond acceptors (Lipinski definition) is 4. The summed E-state index contributed by atoms with van der Waals surface area (Å²) < 4.78 is 0. The average Bonchev–Trinajstić information content (AvgIpc) is 2.68. The molecule has 0 saturated carbocycles. The highest BCUT2D eigenvalue weighted by Gasteiger charge is 2.11. The largest absolute Gasteiger partial charge is 0.399 e. The molecule has 0 saturated heterocycles. The standard InChI is InChI=1S/C11H15N5O/c1-2-16(6-10(13)17)11-14-8-4-3-7(12)5-9(8)15-11/h3-5H,2,6,12H2,1H3,(H2,13,17)(H,14,15). The van der Waals surface area contributed by atoms with Crippen LogP contribution >= 0.6 is 0 Å². The van der Waals surface area contributed by atoms with Crippen LogP contribution in [-0.2, 0) is 4.79 Å². The maximum absolute atomic E-state index is 10.9. The number of imidazole rings is 1. The molecule has 17 heavy (non-hydrogen) atoms. The minimum atomic E-state index is -0.383. The number of nitrogens with two attached hydrogens (primary N) is 2. The minimum Gasteiger partial charge on any atom is -0.399 e. The minimum absolute atomic E-state index is 0.145. The summed E-state index contributed by atoms with van der Waals surface area (Å²) in [6, 6.07) is 5.43. The normalized spacial score (nSPS) is 10.6. The van der Waals surface area contributed by atoms with Crippen LogP contribution in [0.4, 0.5) is 11.6 Å². The van der Waals surface area contributed by atoms with E-state index in [0.29, 0.717) is 18.2 Å². The van der Waals surface area contributed by atoms with Gasteiger partial charge in [0.05, 0.1) is 17.6 Å². The second-order valence-corrected chi connectivity index (χ2v) is 3.82. The van der Waals surface area contributed by atoms with Crippen LogP contribution in [0.5, 0.6) is 0 Å². The molecule has 0 aliphatic rings. The molecule has 0 aliphatic heterocycles. The molecule has 0 spiro atoms. The Morgan fingerprint density at radius 1 is 1.53 bits per heavy atom. The maximum atomic E-state index is 10.9. The topological polar surface area (TPSA) is 101 Å². The van der Waals surface area contributed by atoms with Crippen LogP contribution in [-0.4, -0.2) is 29.0 Å². The molecular weight excluding hydrogens is 218 g/mol. The van der Waals surface area contributed by atoms with E-state index >= 15 is 0 Å². The molecule has 0 atom stereocenters.